The molecule has 0 amide bonds. The molecule has 2 aliphatic rings. The predicted octanol–water partition coefficient (Wildman–Crippen LogP) is 3.06. The Morgan fingerprint density at radius 2 is 1.88 bits per heavy atom. The molecular formula is C15H30N2. The fourth-order valence-electron chi connectivity index (χ4n) is 3.52. The summed E-state index contributed by atoms with van der Waals surface area (Å²) in [5.41, 5.74) is 6.92. The van der Waals surface area contributed by atoms with Crippen LogP contribution in [0.15, 0.2) is 0 Å². The molecule has 2 atom stereocenters. The van der Waals surface area contributed by atoms with Crippen molar-refractivity contribution in [3.63, 3.8) is 0 Å². The highest BCUT2D eigenvalue weighted by atomic mass is 14.9. The monoisotopic (exact) mass is 238 g/mol. The zero-order valence-corrected chi connectivity index (χ0v) is 11.5. The summed E-state index contributed by atoms with van der Waals surface area (Å²) in [6.45, 7) is 4.73. The predicted molar refractivity (Wildman–Crippen MR) is 74.0 cm³/mol. The molecule has 2 saturated carbocycles. The van der Waals surface area contributed by atoms with Gasteiger partial charge in [0, 0.05) is 12.6 Å². The molecule has 0 radical (unpaired) electrons. The Hall–Kier alpha value is -0.0800. The van der Waals surface area contributed by atoms with Crippen LogP contribution in [0.25, 0.3) is 0 Å². The van der Waals surface area contributed by atoms with E-state index in [1.54, 1.807) is 0 Å². The summed E-state index contributed by atoms with van der Waals surface area (Å²) in [6.07, 6.45) is 12.4. The van der Waals surface area contributed by atoms with Gasteiger partial charge in [0.15, 0.2) is 0 Å². The lowest BCUT2D eigenvalue weighted by molar-refractivity contribution is 0.121. The number of hydrogen-bond acceptors (Lipinski definition) is 2. The third-order valence-corrected chi connectivity index (χ3v) is 5.29. The quantitative estimate of drug-likeness (QED) is 0.722. The second kappa shape index (κ2) is 6.19. The molecule has 0 spiro atoms. The maximum absolute atomic E-state index is 6.27. The first-order valence-corrected chi connectivity index (χ1v) is 7.72. The van der Waals surface area contributed by atoms with Gasteiger partial charge in [-0.15, -0.1) is 0 Å². The Kier molecular flexibility index (Phi) is 4.87. The number of rotatable bonds is 5. The van der Waals surface area contributed by atoms with Crippen LogP contribution in [0.3, 0.4) is 0 Å². The summed E-state index contributed by atoms with van der Waals surface area (Å²) in [6, 6.07) is 0.448. The molecule has 0 aromatic rings. The summed E-state index contributed by atoms with van der Waals surface area (Å²) in [4.78, 5) is 0. The van der Waals surface area contributed by atoms with E-state index < -0.39 is 0 Å². The van der Waals surface area contributed by atoms with Crippen molar-refractivity contribution in [2.45, 2.75) is 70.8 Å². The van der Waals surface area contributed by atoms with Gasteiger partial charge >= 0.3 is 0 Å². The molecule has 0 bridgehead atoms. The molecule has 0 aromatic carbocycles. The largest absolute Gasteiger partial charge is 0.327 e. The zero-order valence-electron chi connectivity index (χ0n) is 11.5. The van der Waals surface area contributed by atoms with Crippen molar-refractivity contribution in [3.8, 4) is 0 Å². The Morgan fingerprint density at radius 3 is 2.53 bits per heavy atom. The van der Waals surface area contributed by atoms with Gasteiger partial charge in [-0.1, -0.05) is 32.6 Å². The minimum absolute atomic E-state index is 0.448. The highest BCUT2D eigenvalue weighted by Gasteiger charge is 2.34. The number of hydrogen-bond donors (Lipinski definition) is 2. The second-order valence-corrected chi connectivity index (χ2v) is 6.40. The molecule has 100 valence electrons. The van der Waals surface area contributed by atoms with E-state index in [0.717, 1.165) is 12.5 Å². The van der Waals surface area contributed by atoms with Gasteiger partial charge in [-0.3, -0.25) is 0 Å². The van der Waals surface area contributed by atoms with Crippen molar-refractivity contribution in [2.24, 2.45) is 17.1 Å². The summed E-state index contributed by atoms with van der Waals surface area (Å²) < 4.78 is 0. The molecule has 2 nitrogen and oxygen atoms in total. The Balaban J connectivity index is 1.69. The SMILES string of the molecule is CCC1(CNCC2CCCCCC2N)CCC1. The van der Waals surface area contributed by atoms with Gasteiger partial charge in [-0.05, 0) is 50.0 Å². The van der Waals surface area contributed by atoms with Crippen LogP contribution in [-0.2, 0) is 0 Å². The van der Waals surface area contributed by atoms with E-state index in [1.165, 1.54) is 64.3 Å². The smallest absolute Gasteiger partial charge is 0.00792 e. The summed E-state index contributed by atoms with van der Waals surface area (Å²) in [5, 5.41) is 3.73. The topological polar surface area (TPSA) is 38.0 Å². The lowest BCUT2D eigenvalue weighted by Crippen LogP contribution is -2.43. The van der Waals surface area contributed by atoms with Crippen LogP contribution in [-0.4, -0.2) is 19.1 Å². The fourth-order valence-corrected chi connectivity index (χ4v) is 3.52. The van der Waals surface area contributed by atoms with E-state index in [2.05, 4.69) is 12.2 Å². The minimum Gasteiger partial charge on any atom is -0.327 e. The summed E-state index contributed by atoms with van der Waals surface area (Å²) >= 11 is 0. The fraction of sp³-hybridized carbons (Fsp3) is 1.00. The standard InChI is InChI=1S/C15H30N2/c1-2-15(9-6-10-15)12-17-11-13-7-4-3-5-8-14(13)16/h13-14,17H,2-12,16H2,1H3. The van der Waals surface area contributed by atoms with Crippen molar-refractivity contribution in [1.29, 1.82) is 0 Å². The van der Waals surface area contributed by atoms with Crippen molar-refractivity contribution < 1.29 is 0 Å². The molecule has 2 heteroatoms. The highest BCUT2D eigenvalue weighted by Crippen LogP contribution is 2.43. The first-order chi connectivity index (χ1) is 8.26. The lowest BCUT2D eigenvalue weighted by Gasteiger charge is -2.42. The third kappa shape index (κ3) is 3.45. The highest BCUT2D eigenvalue weighted by molar-refractivity contribution is 4.89. The average molecular weight is 238 g/mol. The van der Waals surface area contributed by atoms with Crippen LogP contribution in [0.4, 0.5) is 0 Å². The second-order valence-electron chi connectivity index (χ2n) is 6.40. The molecule has 2 aliphatic carbocycles. The van der Waals surface area contributed by atoms with Gasteiger partial charge in [0.25, 0.3) is 0 Å². The van der Waals surface area contributed by atoms with E-state index in [-0.39, 0.29) is 0 Å². The van der Waals surface area contributed by atoms with Gasteiger partial charge < -0.3 is 11.1 Å². The van der Waals surface area contributed by atoms with Crippen LogP contribution in [0, 0.1) is 11.3 Å². The van der Waals surface area contributed by atoms with Gasteiger partial charge in [-0.2, -0.15) is 0 Å². The van der Waals surface area contributed by atoms with Crippen LogP contribution >= 0.6 is 0 Å². The maximum Gasteiger partial charge on any atom is 0.00792 e. The molecule has 2 rings (SSSR count). The van der Waals surface area contributed by atoms with Crippen LogP contribution in [0.2, 0.25) is 0 Å². The molecule has 17 heavy (non-hydrogen) atoms. The molecule has 0 heterocycles. The van der Waals surface area contributed by atoms with Crippen molar-refractivity contribution in [3.05, 3.63) is 0 Å². The van der Waals surface area contributed by atoms with Gasteiger partial charge in [0.05, 0.1) is 0 Å². The average Bonchev–Trinajstić information content (AvgIpc) is 2.48. The summed E-state index contributed by atoms with van der Waals surface area (Å²) in [5.74, 6) is 0.728. The molecule has 0 saturated heterocycles. The molecule has 0 aromatic heterocycles. The van der Waals surface area contributed by atoms with Gasteiger partial charge in [-0.25, -0.2) is 0 Å². The summed E-state index contributed by atoms with van der Waals surface area (Å²) in [7, 11) is 0. The lowest BCUT2D eigenvalue weighted by atomic mass is 9.67. The van der Waals surface area contributed by atoms with Crippen LogP contribution in [0.1, 0.15) is 64.7 Å². The molecule has 3 N–H and O–H groups in total. The van der Waals surface area contributed by atoms with Crippen LogP contribution in [0.5, 0.6) is 0 Å². The Bertz CT molecular complexity index is 217. The zero-order chi connectivity index (χ0) is 12.1. The van der Waals surface area contributed by atoms with E-state index in [0.29, 0.717) is 11.5 Å². The normalized spacial score (nSPS) is 32.8. The van der Waals surface area contributed by atoms with Gasteiger partial charge in [0.2, 0.25) is 0 Å². The maximum atomic E-state index is 6.27. The number of nitrogens with two attached hydrogens (primary N) is 1. The van der Waals surface area contributed by atoms with Crippen molar-refractivity contribution >= 4 is 0 Å². The first kappa shape index (κ1) is 13.4. The van der Waals surface area contributed by atoms with E-state index in [1.807, 2.05) is 0 Å². The van der Waals surface area contributed by atoms with E-state index in [9.17, 15) is 0 Å². The van der Waals surface area contributed by atoms with Crippen molar-refractivity contribution in [2.75, 3.05) is 13.1 Å². The first-order valence-electron chi connectivity index (χ1n) is 7.72. The van der Waals surface area contributed by atoms with Gasteiger partial charge in [0.1, 0.15) is 0 Å². The molecule has 2 unspecified atom stereocenters. The van der Waals surface area contributed by atoms with Crippen LogP contribution < -0.4 is 11.1 Å². The van der Waals surface area contributed by atoms with E-state index in [4.69, 9.17) is 5.73 Å². The Morgan fingerprint density at radius 1 is 1.12 bits per heavy atom. The number of nitrogens with one attached hydrogen (secondary N) is 1. The molecule has 2 fully saturated rings. The van der Waals surface area contributed by atoms with E-state index >= 15 is 0 Å². The molecular weight excluding hydrogens is 208 g/mol. The molecule has 0 aliphatic heterocycles. The minimum atomic E-state index is 0.448. The van der Waals surface area contributed by atoms with Crippen molar-refractivity contribution in [1.82, 2.24) is 5.32 Å². The Labute approximate surface area is 107 Å². The third-order valence-electron chi connectivity index (χ3n) is 5.29.